The minimum Gasteiger partial charge on any atom is -0.356 e. The van der Waals surface area contributed by atoms with Crippen LogP contribution < -0.4 is 70.0 Å². The summed E-state index contributed by atoms with van der Waals surface area (Å²) in [4.78, 5) is 173. The topological polar surface area (TPSA) is 396 Å². The van der Waals surface area contributed by atoms with E-state index in [1.165, 1.54) is 0 Å². The van der Waals surface area contributed by atoms with Crippen molar-refractivity contribution in [2.24, 2.45) is 35.1 Å². The maximum atomic E-state index is 14.8. The third-order valence-corrected chi connectivity index (χ3v) is 18.1. The molecule has 2 rings (SSSR count). The molecule has 2 aliphatic rings. The average Bonchev–Trinajstić information content (AvgIpc) is 1.27. The molecule has 8 atom stereocenters. The predicted octanol–water partition coefficient (Wildman–Crippen LogP) is 1.67. The number of nitrogens with zero attached hydrogens (tertiary/aromatic N) is 2. The molecule has 8 unspecified atom stereocenters. The number of nitrogens with two attached hydrogens (primary N) is 2. The summed E-state index contributed by atoms with van der Waals surface area (Å²) in [7, 11) is 4.18. The van der Waals surface area contributed by atoms with Crippen LogP contribution in [0.2, 0.25) is 0 Å². The molecule has 0 aromatic heterocycles. The maximum Gasteiger partial charge on any atom is 0.243 e. The molecule has 0 aliphatic carbocycles. The van der Waals surface area contributed by atoms with Crippen molar-refractivity contribution in [3.63, 3.8) is 0 Å². The Morgan fingerprint density at radius 1 is 0.365 bits per heavy atom. The monoisotopic (exact) mass is 1360 g/mol. The number of ketones is 3. The number of unbranched alkanes of at least 4 members (excludes halogenated alkanes) is 7. The third kappa shape index (κ3) is 38.8. The Labute approximate surface area is 573 Å². The molecule has 2 aliphatic heterocycles. The first-order valence-corrected chi connectivity index (χ1v) is 36.5. The fourth-order valence-corrected chi connectivity index (χ4v) is 12.2. The summed E-state index contributed by atoms with van der Waals surface area (Å²) in [5.41, 5.74) is 11.2. The highest BCUT2D eigenvalue weighted by molar-refractivity contribution is 5.99. The molecule has 15 N–H and O–H groups in total. The number of hydrogen-bond donors (Lipinski definition) is 13. The second-order valence-electron chi connectivity index (χ2n) is 26.4. The van der Waals surface area contributed by atoms with Gasteiger partial charge in [-0.25, -0.2) is 0 Å². The Kier molecular flexibility index (Phi) is 47.6. The molecular weight excluding hydrogens is 1230 g/mol. The maximum absolute atomic E-state index is 14.8. The molecule has 0 saturated carbocycles. The number of rotatable bonds is 58. The molecule has 9 amide bonds. The lowest BCUT2D eigenvalue weighted by Gasteiger charge is -2.25. The highest BCUT2D eigenvalue weighted by Crippen LogP contribution is 2.24. The summed E-state index contributed by atoms with van der Waals surface area (Å²) in [6, 6.07) is -2.47. The van der Waals surface area contributed by atoms with E-state index in [0.29, 0.717) is 96.5 Å². The van der Waals surface area contributed by atoms with Crippen molar-refractivity contribution in [2.45, 2.75) is 232 Å². The fourth-order valence-electron chi connectivity index (χ4n) is 12.2. The summed E-state index contributed by atoms with van der Waals surface area (Å²) in [6.45, 7) is 14.0. The molecule has 2 saturated heterocycles. The molecule has 0 radical (unpaired) electrons. The van der Waals surface area contributed by atoms with E-state index in [1.54, 1.807) is 0 Å². The van der Waals surface area contributed by atoms with Crippen molar-refractivity contribution >= 4 is 70.5 Å². The van der Waals surface area contributed by atoms with Gasteiger partial charge in [0, 0.05) is 160 Å². The van der Waals surface area contributed by atoms with E-state index in [2.05, 4.69) is 82.4 Å². The molecule has 96 heavy (non-hydrogen) atoms. The van der Waals surface area contributed by atoms with Crippen LogP contribution in [-0.2, 0) is 57.5 Å². The van der Waals surface area contributed by atoms with Crippen LogP contribution in [0.5, 0.6) is 0 Å². The van der Waals surface area contributed by atoms with Crippen molar-refractivity contribution in [2.75, 3.05) is 112 Å². The molecule has 0 aromatic carbocycles. The van der Waals surface area contributed by atoms with Crippen LogP contribution in [0, 0.1) is 23.7 Å². The molecule has 2 heterocycles. The lowest BCUT2D eigenvalue weighted by molar-refractivity contribution is -0.138. The summed E-state index contributed by atoms with van der Waals surface area (Å²) in [5, 5.41) is 31.1. The van der Waals surface area contributed by atoms with Gasteiger partial charge in [-0.3, -0.25) is 57.5 Å². The predicted molar refractivity (Wildman–Crippen MR) is 373 cm³/mol. The zero-order chi connectivity index (χ0) is 70.9. The van der Waals surface area contributed by atoms with Gasteiger partial charge in [-0.1, -0.05) is 72.6 Å². The Hall–Kier alpha value is -6.00. The second-order valence-corrected chi connectivity index (χ2v) is 26.4. The number of likely N-dealkylation sites (tertiary alicyclic amines) is 2. The Bertz CT molecular complexity index is 2330. The Balaban J connectivity index is 2.56. The van der Waals surface area contributed by atoms with Gasteiger partial charge in [-0.2, -0.15) is 0 Å². The number of carbonyl (C=O) groups is 12. The summed E-state index contributed by atoms with van der Waals surface area (Å²) >= 11 is 0. The van der Waals surface area contributed by atoms with Gasteiger partial charge in [0.2, 0.25) is 53.2 Å². The van der Waals surface area contributed by atoms with Gasteiger partial charge in [0.15, 0.2) is 0 Å². The first-order chi connectivity index (χ1) is 46.2. The summed E-state index contributed by atoms with van der Waals surface area (Å²) in [5.74, 6) is -12.0. The van der Waals surface area contributed by atoms with Crippen molar-refractivity contribution in [1.29, 1.82) is 0 Å². The van der Waals surface area contributed by atoms with Gasteiger partial charge in [0.05, 0.1) is 18.3 Å². The molecule has 27 nitrogen and oxygen atoms in total. The number of nitrogens with one attached hydrogen (secondary N) is 11. The number of Topliss-reactive ketones (excluding diaryl/α,β-unsaturated/α-hetero) is 3. The molecule has 550 valence electrons. The van der Waals surface area contributed by atoms with E-state index in [-0.39, 0.29) is 51.5 Å². The zero-order valence-corrected chi connectivity index (χ0v) is 59.5. The van der Waals surface area contributed by atoms with Gasteiger partial charge in [-0.05, 0) is 104 Å². The molecule has 0 spiro atoms. The lowest BCUT2D eigenvalue weighted by atomic mass is 9.84. The number of amides is 9. The fraction of sp³-hybridized carbons (Fsp3) is 0.826. The highest BCUT2D eigenvalue weighted by atomic mass is 16.2. The van der Waals surface area contributed by atoms with Crippen LogP contribution in [-0.4, -0.2) is 217 Å². The quantitative estimate of drug-likeness (QED) is 0.0385. The minimum atomic E-state index is -1.71. The van der Waals surface area contributed by atoms with Gasteiger partial charge in [0.1, 0.15) is 29.4 Å². The highest BCUT2D eigenvalue weighted by Gasteiger charge is 2.36. The number of carbonyl (C=O) groups excluding carboxylic acids is 12. The lowest BCUT2D eigenvalue weighted by Crippen LogP contribution is -2.56. The van der Waals surface area contributed by atoms with Gasteiger partial charge in [-0.15, -0.1) is 0 Å². The van der Waals surface area contributed by atoms with Gasteiger partial charge in [0.25, 0.3) is 0 Å². The van der Waals surface area contributed by atoms with E-state index in [4.69, 9.17) is 11.5 Å². The van der Waals surface area contributed by atoms with Crippen LogP contribution in [0.1, 0.15) is 207 Å². The van der Waals surface area contributed by atoms with Crippen LogP contribution in [0.15, 0.2) is 0 Å². The van der Waals surface area contributed by atoms with E-state index in [9.17, 15) is 57.5 Å². The van der Waals surface area contributed by atoms with Crippen LogP contribution in [0.4, 0.5) is 0 Å². The summed E-state index contributed by atoms with van der Waals surface area (Å²) in [6.07, 6.45) is 11.5. The van der Waals surface area contributed by atoms with Gasteiger partial charge < -0.3 is 79.8 Å². The first-order valence-electron chi connectivity index (χ1n) is 36.5. The summed E-state index contributed by atoms with van der Waals surface area (Å²) < 4.78 is 0. The zero-order valence-electron chi connectivity index (χ0n) is 59.5. The average molecular weight is 1360 g/mol. The number of hydrogen-bond acceptors (Lipinski definition) is 18. The first kappa shape index (κ1) is 86.1. The van der Waals surface area contributed by atoms with E-state index in [1.807, 2.05) is 27.7 Å². The molecular formula is C69H127N15O12. The Morgan fingerprint density at radius 3 is 1.29 bits per heavy atom. The largest absolute Gasteiger partial charge is 0.356 e. The van der Waals surface area contributed by atoms with Crippen LogP contribution in [0.3, 0.4) is 0 Å². The van der Waals surface area contributed by atoms with Gasteiger partial charge >= 0.3 is 0 Å². The molecule has 0 aromatic rings. The normalized spacial score (nSPS) is 16.6. The molecule has 27 heteroatoms. The standard InChI is InChI=1S/C69H127N15O12/c1-7-11-14-16-29-74-63(90)49-59(69(96)82-58(68(95)80-38-36-73-34-27-71)48-57(86)43-52(66(93)77-28-13-9-3)46-62(89)76-37-35-72-33-26-70)81-64(91)47-53(67(94)78-30-17-15-12-8-2)44-60(87)51(45-61(88)75-31-18-22-54-24-20-39-83(54)5)42-56(85)41-50(10-4)65(92)79-32-19-23-55-25-21-40-84(55)6/h50-55,58-59,72-73H,7-49,70-71H2,1-6H3,(H,74,90)(H,75,88)(H,76,89)(H,77,93)(H,78,94)(H,79,92)(H,80,95)(H,81,91)(H,82,96). The van der Waals surface area contributed by atoms with E-state index < -0.39 is 145 Å². The molecule has 0 bridgehead atoms. The van der Waals surface area contributed by atoms with Crippen LogP contribution in [0.25, 0.3) is 0 Å². The van der Waals surface area contributed by atoms with Crippen molar-refractivity contribution in [3.8, 4) is 0 Å². The SMILES string of the molecule is CCCCCCNC(=O)CC(NC(=O)CC(CC(=O)C(CC(=O)CC(CC)C(=O)NCCCC1CCCN1C)CC(=O)NCCCC1CCCN1C)C(=O)NCCCCCC)C(=O)NC(CC(=O)CC(CC(=O)NCCNCCN)C(=O)NCCCC)C(=O)NCCNCCN. The van der Waals surface area contributed by atoms with Crippen molar-refractivity contribution in [1.82, 2.24) is 68.3 Å². The van der Waals surface area contributed by atoms with E-state index in [0.717, 1.165) is 103 Å². The van der Waals surface area contributed by atoms with E-state index >= 15 is 0 Å². The van der Waals surface area contributed by atoms with Crippen molar-refractivity contribution in [3.05, 3.63) is 0 Å². The minimum absolute atomic E-state index is 0.0385. The van der Waals surface area contributed by atoms with Crippen LogP contribution >= 0.6 is 0 Å². The second kappa shape index (κ2) is 53.0. The Morgan fingerprint density at radius 2 is 0.771 bits per heavy atom. The smallest absolute Gasteiger partial charge is 0.243 e. The van der Waals surface area contributed by atoms with Crippen molar-refractivity contribution < 1.29 is 57.5 Å². The molecule has 2 fully saturated rings. The third-order valence-electron chi connectivity index (χ3n) is 18.1.